The highest BCUT2D eigenvalue weighted by Crippen LogP contribution is 2.35. The van der Waals surface area contributed by atoms with Crippen molar-refractivity contribution >= 4 is 16.9 Å². The quantitative estimate of drug-likeness (QED) is 0.533. The summed E-state index contributed by atoms with van der Waals surface area (Å²) in [6, 6.07) is 2.24. The molecule has 0 N–H and O–H groups in total. The van der Waals surface area contributed by atoms with E-state index in [9.17, 15) is 0 Å². The van der Waals surface area contributed by atoms with E-state index in [1.165, 1.54) is 22.4 Å². The lowest BCUT2D eigenvalue weighted by molar-refractivity contribution is 1.20. The molecule has 10 heavy (non-hydrogen) atoms. The molecule has 52 valence electrons. The molecule has 1 aliphatic rings. The van der Waals surface area contributed by atoms with Gasteiger partial charge >= 0.3 is 0 Å². The molecule has 2 rings (SSSR count). The van der Waals surface area contributed by atoms with Crippen molar-refractivity contribution in [1.82, 2.24) is 0 Å². The molecule has 0 unspecified atom stereocenters. The van der Waals surface area contributed by atoms with E-state index in [4.69, 9.17) is 0 Å². The summed E-state index contributed by atoms with van der Waals surface area (Å²) < 4.78 is 0. The second-order valence-electron chi connectivity index (χ2n) is 2.86. The Morgan fingerprint density at radius 2 is 2.20 bits per heavy atom. The van der Waals surface area contributed by atoms with Gasteiger partial charge in [0.1, 0.15) is 0 Å². The van der Waals surface area contributed by atoms with Gasteiger partial charge < -0.3 is 0 Å². The first-order chi connectivity index (χ1) is 4.79. The molecule has 1 heterocycles. The summed E-state index contributed by atoms with van der Waals surface area (Å²) in [5.41, 5.74) is 4.58. The first-order valence-electron chi connectivity index (χ1n) is 3.52. The maximum Gasteiger partial charge on any atom is 0.0334 e. The number of fused-ring (bicyclic) bond motifs is 1. The van der Waals surface area contributed by atoms with Crippen LogP contribution in [0.5, 0.6) is 0 Å². The fourth-order valence-electron chi connectivity index (χ4n) is 1.42. The molecule has 1 heteroatoms. The average Bonchev–Trinajstić information content (AvgIpc) is 2.41. The Bertz CT molecular complexity index is 291. The Hall–Kier alpha value is -0.560. The zero-order chi connectivity index (χ0) is 7.14. The zero-order valence-electron chi connectivity index (χ0n) is 6.27. The molecule has 0 nitrogen and oxygen atoms in total. The van der Waals surface area contributed by atoms with Gasteiger partial charge in [0.2, 0.25) is 0 Å². The third-order valence-electron chi connectivity index (χ3n) is 2.18. The molecule has 0 bridgehead atoms. The maximum atomic E-state index is 2.24. The van der Waals surface area contributed by atoms with Gasteiger partial charge in [-0.1, -0.05) is 5.57 Å². The smallest absolute Gasteiger partial charge is 0.0334 e. The van der Waals surface area contributed by atoms with Gasteiger partial charge in [-0.15, -0.1) is 11.3 Å². The minimum atomic E-state index is 1.19. The molecular weight excluding hydrogens is 140 g/mol. The number of rotatable bonds is 0. The molecule has 1 aromatic rings. The van der Waals surface area contributed by atoms with Crippen LogP contribution in [0.2, 0.25) is 0 Å². The Morgan fingerprint density at radius 3 is 2.90 bits per heavy atom. The van der Waals surface area contributed by atoms with Crippen LogP contribution in [0.15, 0.2) is 17.0 Å². The molecule has 0 spiro atoms. The fourth-order valence-corrected chi connectivity index (χ4v) is 2.43. The topological polar surface area (TPSA) is 0 Å². The number of hydrogen-bond acceptors (Lipinski definition) is 1. The molecule has 0 saturated carbocycles. The zero-order valence-corrected chi connectivity index (χ0v) is 7.09. The first kappa shape index (κ1) is 6.17. The summed E-state index contributed by atoms with van der Waals surface area (Å²) in [7, 11) is 0. The van der Waals surface area contributed by atoms with Gasteiger partial charge in [0, 0.05) is 4.88 Å². The second kappa shape index (κ2) is 1.96. The number of hydrogen-bond donors (Lipinski definition) is 0. The van der Waals surface area contributed by atoms with Gasteiger partial charge in [-0.05, 0) is 42.9 Å². The second-order valence-corrected chi connectivity index (χ2v) is 3.77. The Morgan fingerprint density at radius 1 is 1.40 bits per heavy atom. The third-order valence-corrected chi connectivity index (χ3v) is 3.26. The molecule has 1 aromatic heterocycles. The van der Waals surface area contributed by atoms with E-state index in [2.05, 4.69) is 25.3 Å². The van der Waals surface area contributed by atoms with E-state index in [0.29, 0.717) is 0 Å². The van der Waals surface area contributed by atoms with E-state index < -0.39 is 0 Å². The molecular formula is C9H10S. The summed E-state index contributed by atoms with van der Waals surface area (Å²) in [6.07, 6.45) is 1.19. The van der Waals surface area contributed by atoms with Gasteiger partial charge in [0.25, 0.3) is 0 Å². The molecule has 0 aliphatic heterocycles. The maximum absolute atomic E-state index is 2.24. The Kier molecular flexibility index (Phi) is 1.21. The van der Waals surface area contributed by atoms with E-state index in [1.807, 2.05) is 11.3 Å². The van der Waals surface area contributed by atoms with Crippen molar-refractivity contribution in [3.63, 3.8) is 0 Å². The Labute approximate surface area is 65.2 Å². The lowest BCUT2D eigenvalue weighted by Crippen LogP contribution is -1.74. The van der Waals surface area contributed by atoms with Crippen LogP contribution in [0, 0.1) is 0 Å². The van der Waals surface area contributed by atoms with Crippen LogP contribution < -0.4 is 0 Å². The largest absolute Gasteiger partial charge is 0.144 e. The monoisotopic (exact) mass is 150 g/mol. The highest BCUT2D eigenvalue weighted by molar-refractivity contribution is 7.11. The lowest BCUT2D eigenvalue weighted by atomic mass is 10.2. The van der Waals surface area contributed by atoms with Gasteiger partial charge in [-0.3, -0.25) is 0 Å². The van der Waals surface area contributed by atoms with Crippen LogP contribution in [-0.2, 0) is 6.42 Å². The van der Waals surface area contributed by atoms with Gasteiger partial charge in [0.05, 0.1) is 0 Å². The van der Waals surface area contributed by atoms with Crippen LogP contribution in [0.25, 0.3) is 5.57 Å². The van der Waals surface area contributed by atoms with Crippen molar-refractivity contribution in [2.24, 2.45) is 0 Å². The van der Waals surface area contributed by atoms with Crippen molar-refractivity contribution in [3.8, 4) is 0 Å². The third kappa shape index (κ3) is 0.671. The molecule has 0 amide bonds. The standard InChI is InChI=1S/C9H10S/c1-6-5-8-3-4-10-9(8)7(6)2/h3-4H,5H2,1-2H3. The highest BCUT2D eigenvalue weighted by atomic mass is 32.1. The Balaban J connectivity index is 2.60. The van der Waals surface area contributed by atoms with Crippen LogP contribution in [0.3, 0.4) is 0 Å². The van der Waals surface area contributed by atoms with E-state index in [0.717, 1.165) is 0 Å². The van der Waals surface area contributed by atoms with Crippen molar-refractivity contribution in [2.45, 2.75) is 20.3 Å². The molecule has 0 atom stereocenters. The predicted octanol–water partition coefficient (Wildman–Crippen LogP) is 3.10. The lowest BCUT2D eigenvalue weighted by Gasteiger charge is -1.91. The number of thiophene rings is 1. The predicted molar refractivity (Wildman–Crippen MR) is 46.3 cm³/mol. The minimum Gasteiger partial charge on any atom is -0.144 e. The molecule has 1 aliphatic carbocycles. The van der Waals surface area contributed by atoms with Crippen molar-refractivity contribution in [3.05, 3.63) is 27.5 Å². The van der Waals surface area contributed by atoms with E-state index >= 15 is 0 Å². The van der Waals surface area contributed by atoms with Crippen molar-refractivity contribution < 1.29 is 0 Å². The van der Waals surface area contributed by atoms with Gasteiger partial charge in [0.15, 0.2) is 0 Å². The molecule has 0 saturated heterocycles. The molecule has 0 aromatic carbocycles. The molecule has 0 radical (unpaired) electrons. The fraction of sp³-hybridized carbons (Fsp3) is 0.333. The van der Waals surface area contributed by atoms with E-state index in [-0.39, 0.29) is 0 Å². The van der Waals surface area contributed by atoms with E-state index in [1.54, 1.807) is 5.57 Å². The summed E-state index contributed by atoms with van der Waals surface area (Å²) in [6.45, 7) is 4.44. The molecule has 0 fully saturated rings. The van der Waals surface area contributed by atoms with Crippen LogP contribution in [0.1, 0.15) is 24.3 Å². The summed E-state index contributed by atoms with van der Waals surface area (Å²) in [5.74, 6) is 0. The van der Waals surface area contributed by atoms with Crippen molar-refractivity contribution in [2.75, 3.05) is 0 Å². The first-order valence-corrected chi connectivity index (χ1v) is 4.40. The van der Waals surface area contributed by atoms with Crippen LogP contribution in [0.4, 0.5) is 0 Å². The minimum absolute atomic E-state index is 1.19. The van der Waals surface area contributed by atoms with Crippen LogP contribution >= 0.6 is 11.3 Å². The highest BCUT2D eigenvalue weighted by Gasteiger charge is 2.15. The van der Waals surface area contributed by atoms with Crippen LogP contribution in [-0.4, -0.2) is 0 Å². The van der Waals surface area contributed by atoms with Gasteiger partial charge in [-0.2, -0.15) is 0 Å². The normalized spacial score (nSPS) is 16.2. The number of allylic oxidation sites excluding steroid dienone is 2. The van der Waals surface area contributed by atoms with Gasteiger partial charge in [-0.25, -0.2) is 0 Å². The summed E-state index contributed by atoms with van der Waals surface area (Å²) >= 11 is 1.87. The summed E-state index contributed by atoms with van der Waals surface area (Å²) in [4.78, 5) is 1.51. The summed E-state index contributed by atoms with van der Waals surface area (Å²) in [5, 5.41) is 2.18. The average molecular weight is 150 g/mol. The SMILES string of the molecule is CC1=C(C)c2sccc2C1. The van der Waals surface area contributed by atoms with Crippen molar-refractivity contribution in [1.29, 1.82) is 0 Å².